The molecule has 110 valence electrons. The molecule has 7 heteroatoms. The van der Waals surface area contributed by atoms with E-state index in [2.05, 4.69) is 32.9 Å². The van der Waals surface area contributed by atoms with Gasteiger partial charge in [-0.15, -0.1) is 0 Å². The van der Waals surface area contributed by atoms with Gasteiger partial charge in [0.2, 0.25) is 5.91 Å². The summed E-state index contributed by atoms with van der Waals surface area (Å²) < 4.78 is 0. The number of aromatic amines is 1. The Morgan fingerprint density at radius 1 is 1.48 bits per heavy atom. The van der Waals surface area contributed by atoms with Crippen LogP contribution in [0.15, 0.2) is 29.3 Å². The number of carbonyl (C=O) groups excluding carboxylic acids is 1. The number of hydrogen-bond acceptors (Lipinski definition) is 5. The molecule has 2 rings (SSSR count). The molecule has 2 heterocycles. The van der Waals surface area contributed by atoms with Crippen molar-refractivity contribution in [2.24, 2.45) is 0 Å². The molecule has 0 aliphatic rings. The number of pyridine rings is 1. The maximum Gasteiger partial charge on any atom is 0.255 e. The first kappa shape index (κ1) is 15.2. The Morgan fingerprint density at radius 2 is 2.29 bits per heavy atom. The Morgan fingerprint density at radius 3 is 2.90 bits per heavy atom. The number of aryl methyl sites for hydroxylation is 1. The lowest BCUT2D eigenvalue weighted by Gasteiger charge is -2.07. The molecule has 6 nitrogen and oxygen atoms in total. The molecular weight excluding hydrogens is 288 g/mol. The van der Waals surface area contributed by atoms with Crippen molar-refractivity contribution in [3.8, 4) is 11.4 Å². The molecule has 0 saturated carbocycles. The summed E-state index contributed by atoms with van der Waals surface area (Å²) in [5.74, 6) is 0.790. The molecule has 1 amide bonds. The van der Waals surface area contributed by atoms with Crippen LogP contribution in [0.5, 0.6) is 0 Å². The smallest absolute Gasteiger partial charge is 0.255 e. The highest BCUT2D eigenvalue weighted by Gasteiger charge is 2.13. The van der Waals surface area contributed by atoms with Gasteiger partial charge in [0.05, 0.1) is 6.42 Å². The van der Waals surface area contributed by atoms with Crippen LogP contribution in [0.2, 0.25) is 0 Å². The normalized spacial score (nSPS) is 10.4. The first-order chi connectivity index (χ1) is 10.1. The molecule has 0 aromatic carbocycles. The van der Waals surface area contributed by atoms with Crippen molar-refractivity contribution in [1.29, 1.82) is 0 Å². The zero-order valence-electron chi connectivity index (χ0n) is 11.6. The number of amides is 1. The number of rotatable bonds is 5. The van der Waals surface area contributed by atoms with E-state index in [9.17, 15) is 9.59 Å². The zero-order valence-corrected chi connectivity index (χ0v) is 12.5. The number of carbonyl (C=O) groups is 1. The highest BCUT2D eigenvalue weighted by Crippen LogP contribution is 2.12. The fraction of sp³-hybridized carbons (Fsp3) is 0.286. The van der Waals surface area contributed by atoms with Gasteiger partial charge in [-0.2, -0.15) is 12.6 Å². The molecule has 2 aromatic rings. The number of thiol groups is 1. The van der Waals surface area contributed by atoms with E-state index in [0.717, 1.165) is 5.56 Å². The number of aromatic nitrogens is 3. The summed E-state index contributed by atoms with van der Waals surface area (Å²) in [5, 5.41) is 2.68. The number of nitrogens with one attached hydrogen (secondary N) is 2. The van der Waals surface area contributed by atoms with Gasteiger partial charge in [0.25, 0.3) is 5.56 Å². The maximum absolute atomic E-state index is 12.1. The quantitative estimate of drug-likeness (QED) is 0.711. The van der Waals surface area contributed by atoms with Gasteiger partial charge in [-0.25, -0.2) is 4.98 Å². The molecule has 0 aliphatic heterocycles. The van der Waals surface area contributed by atoms with Crippen LogP contribution >= 0.6 is 12.6 Å². The highest BCUT2D eigenvalue weighted by atomic mass is 32.1. The van der Waals surface area contributed by atoms with Crippen LogP contribution in [0.25, 0.3) is 11.4 Å². The molecule has 2 N–H and O–H groups in total. The Bertz CT molecular complexity index is 685. The predicted molar refractivity (Wildman–Crippen MR) is 83.4 cm³/mol. The van der Waals surface area contributed by atoms with Gasteiger partial charge in [0.15, 0.2) is 0 Å². The molecule has 0 unspecified atom stereocenters. The van der Waals surface area contributed by atoms with Crippen molar-refractivity contribution >= 4 is 18.5 Å². The van der Waals surface area contributed by atoms with Crippen molar-refractivity contribution in [3.05, 3.63) is 46.1 Å². The maximum atomic E-state index is 12.1. The van der Waals surface area contributed by atoms with Crippen LogP contribution in [0.4, 0.5) is 0 Å². The molecule has 0 spiro atoms. The second-order valence-corrected chi connectivity index (χ2v) is 4.92. The Balaban J connectivity index is 2.26. The molecule has 21 heavy (non-hydrogen) atoms. The summed E-state index contributed by atoms with van der Waals surface area (Å²) in [5.41, 5.74) is 1.34. The van der Waals surface area contributed by atoms with Gasteiger partial charge >= 0.3 is 0 Å². The van der Waals surface area contributed by atoms with Gasteiger partial charge in [-0.05, 0) is 19.1 Å². The molecule has 0 aliphatic carbocycles. The molecule has 0 saturated heterocycles. The van der Waals surface area contributed by atoms with Crippen LogP contribution in [-0.2, 0) is 11.2 Å². The minimum atomic E-state index is -0.303. The zero-order chi connectivity index (χ0) is 15.2. The van der Waals surface area contributed by atoms with Crippen molar-refractivity contribution in [1.82, 2.24) is 20.3 Å². The summed E-state index contributed by atoms with van der Waals surface area (Å²) in [6, 6.07) is 3.58. The van der Waals surface area contributed by atoms with Crippen LogP contribution in [-0.4, -0.2) is 33.2 Å². The Kier molecular flexibility index (Phi) is 5.10. The average Bonchev–Trinajstić information content (AvgIpc) is 2.49. The van der Waals surface area contributed by atoms with Gasteiger partial charge in [0.1, 0.15) is 5.82 Å². The van der Waals surface area contributed by atoms with Crippen LogP contribution in [0.3, 0.4) is 0 Å². The number of H-pyrrole nitrogens is 1. The molecule has 0 atom stereocenters. The topological polar surface area (TPSA) is 87.7 Å². The lowest BCUT2D eigenvalue weighted by atomic mass is 10.1. The second kappa shape index (κ2) is 7.03. The molecule has 0 bridgehead atoms. The second-order valence-electron chi connectivity index (χ2n) is 4.47. The van der Waals surface area contributed by atoms with Crippen molar-refractivity contribution in [2.45, 2.75) is 13.3 Å². The minimum absolute atomic E-state index is 0.00919. The predicted octanol–water partition coefficient (Wildman–Crippen LogP) is 0.729. The van der Waals surface area contributed by atoms with E-state index in [1.165, 1.54) is 0 Å². The lowest BCUT2D eigenvalue weighted by Crippen LogP contribution is -2.30. The van der Waals surface area contributed by atoms with E-state index in [4.69, 9.17) is 0 Å². The summed E-state index contributed by atoms with van der Waals surface area (Å²) in [7, 11) is 0. The third-order valence-electron chi connectivity index (χ3n) is 2.93. The summed E-state index contributed by atoms with van der Waals surface area (Å²) in [4.78, 5) is 34.9. The minimum Gasteiger partial charge on any atom is -0.355 e. The third-order valence-corrected chi connectivity index (χ3v) is 3.15. The van der Waals surface area contributed by atoms with Gasteiger partial charge in [0, 0.05) is 41.5 Å². The van der Waals surface area contributed by atoms with Crippen LogP contribution in [0.1, 0.15) is 11.3 Å². The first-order valence-corrected chi connectivity index (χ1v) is 7.13. The average molecular weight is 304 g/mol. The SMILES string of the molecule is Cc1nc(-c2cccnc2)[nH]c(=O)c1CC(=O)NCCS. The largest absolute Gasteiger partial charge is 0.355 e. The molecule has 0 fully saturated rings. The summed E-state index contributed by atoms with van der Waals surface area (Å²) in [6.07, 6.45) is 3.28. The van der Waals surface area contributed by atoms with E-state index >= 15 is 0 Å². The standard InChI is InChI=1S/C14H16N4O2S/c1-9-11(7-12(19)16-5-6-21)14(20)18-13(17-9)10-3-2-4-15-8-10/h2-4,8,21H,5-7H2,1H3,(H,16,19)(H,17,18,20). The van der Waals surface area contributed by atoms with Crippen LogP contribution < -0.4 is 10.9 Å². The Labute approximate surface area is 127 Å². The molecule has 2 aromatic heterocycles. The van der Waals surface area contributed by atoms with E-state index < -0.39 is 0 Å². The van der Waals surface area contributed by atoms with E-state index in [1.54, 1.807) is 25.4 Å². The first-order valence-electron chi connectivity index (χ1n) is 6.49. The fourth-order valence-corrected chi connectivity index (χ4v) is 1.99. The van der Waals surface area contributed by atoms with Crippen molar-refractivity contribution in [2.75, 3.05) is 12.3 Å². The van der Waals surface area contributed by atoms with Gasteiger partial charge in [-0.1, -0.05) is 0 Å². The Hall–Kier alpha value is -2.15. The van der Waals surface area contributed by atoms with Gasteiger partial charge < -0.3 is 10.3 Å². The van der Waals surface area contributed by atoms with E-state index in [0.29, 0.717) is 29.4 Å². The lowest BCUT2D eigenvalue weighted by molar-refractivity contribution is -0.120. The van der Waals surface area contributed by atoms with E-state index in [1.807, 2.05) is 6.07 Å². The van der Waals surface area contributed by atoms with E-state index in [-0.39, 0.29) is 17.9 Å². The highest BCUT2D eigenvalue weighted by molar-refractivity contribution is 7.80. The number of hydrogen-bond donors (Lipinski definition) is 3. The van der Waals surface area contributed by atoms with Crippen molar-refractivity contribution < 1.29 is 4.79 Å². The van der Waals surface area contributed by atoms with Gasteiger partial charge in [-0.3, -0.25) is 14.6 Å². The van der Waals surface area contributed by atoms with Crippen LogP contribution in [0, 0.1) is 6.92 Å². The molecular formula is C14H16N4O2S. The monoisotopic (exact) mass is 304 g/mol. The molecule has 0 radical (unpaired) electrons. The summed E-state index contributed by atoms with van der Waals surface area (Å²) in [6.45, 7) is 2.19. The summed E-state index contributed by atoms with van der Waals surface area (Å²) >= 11 is 4.02. The van der Waals surface area contributed by atoms with Crippen molar-refractivity contribution in [3.63, 3.8) is 0 Å². The number of nitrogens with zero attached hydrogens (tertiary/aromatic N) is 2. The fourth-order valence-electron chi connectivity index (χ4n) is 1.88. The third kappa shape index (κ3) is 3.91.